The van der Waals surface area contributed by atoms with Crippen LogP contribution in [0.15, 0.2) is 29.2 Å². The van der Waals surface area contributed by atoms with Gasteiger partial charge in [0.05, 0.1) is 17.6 Å². The van der Waals surface area contributed by atoms with Crippen LogP contribution in [0.5, 0.6) is 0 Å². The zero-order chi connectivity index (χ0) is 18.0. The van der Waals surface area contributed by atoms with Crippen LogP contribution in [0.1, 0.15) is 18.4 Å². The highest BCUT2D eigenvalue weighted by atomic mass is 35.5. The number of amides is 1. The third-order valence-electron chi connectivity index (χ3n) is 4.01. The molecule has 1 fully saturated rings. The van der Waals surface area contributed by atoms with Crippen LogP contribution < -0.4 is 16.2 Å². The van der Waals surface area contributed by atoms with Crippen molar-refractivity contribution in [1.82, 2.24) is 15.1 Å². The lowest BCUT2D eigenvalue weighted by Gasteiger charge is -2.11. The molecule has 0 saturated heterocycles. The molecule has 1 aromatic carbocycles. The maximum absolute atomic E-state index is 12.4. The average Bonchev–Trinajstić information content (AvgIpc) is 3.43. The van der Waals surface area contributed by atoms with E-state index in [4.69, 9.17) is 23.2 Å². The third kappa shape index (κ3) is 4.14. The summed E-state index contributed by atoms with van der Waals surface area (Å²) >= 11 is 12.3. The molecule has 6 nitrogen and oxygen atoms in total. The van der Waals surface area contributed by atoms with Gasteiger partial charge in [0.2, 0.25) is 5.91 Å². The minimum atomic E-state index is -0.436. The predicted molar refractivity (Wildman–Crippen MR) is 98.8 cm³/mol. The van der Waals surface area contributed by atoms with E-state index in [9.17, 15) is 9.59 Å². The van der Waals surface area contributed by atoms with Gasteiger partial charge in [-0.05, 0) is 37.5 Å². The normalized spacial score (nSPS) is 13.6. The highest BCUT2D eigenvalue weighted by Gasteiger charge is 2.28. The number of hydrogen-bond donors (Lipinski definition) is 2. The summed E-state index contributed by atoms with van der Waals surface area (Å²) in [4.78, 5) is 24.0. The summed E-state index contributed by atoms with van der Waals surface area (Å²) in [6.45, 7) is 2.80. The largest absolute Gasteiger partial charge is 0.381 e. The molecule has 1 saturated carbocycles. The van der Waals surface area contributed by atoms with Gasteiger partial charge in [0.15, 0.2) is 0 Å². The summed E-state index contributed by atoms with van der Waals surface area (Å²) in [5.74, 6) is 0.258. The van der Waals surface area contributed by atoms with Crippen LogP contribution in [0.3, 0.4) is 0 Å². The van der Waals surface area contributed by atoms with E-state index in [-0.39, 0.29) is 16.8 Å². The van der Waals surface area contributed by atoms with Crippen LogP contribution >= 0.6 is 23.2 Å². The van der Waals surface area contributed by atoms with Crippen LogP contribution in [-0.2, 0) is 4.79 Å². The van der Waals surface area contributed by atoms with E-state index in [0.717, 1.165) is 18.4 Å². The Morgan fingerprint density at radius 2 is 2.08 bits per heavy atom. The van der Waals surface area contributed by atoms with Crippen molar-refractivity contribution >= 4 is 34.8 Å². The number of rotatable bonds is 6. The zero-order valence-electron chi connectivity index (χ0n) is 13.7. The maximum Gasteiger partial charge on any atom is 0.292 e. The highest BCUT2D eigenvalue weighted by Crippen LogP contribution is 2.28. The van der Waals surface area contributed by atoms with E-state index in [2.05, 4.69) is 15.7 Å². The van der Waals surface area contributed by atoms with E-state index in [1.807, 2.05) is 13.0 Å². The van der Waals surface area contributed by atoms with Crippen molar-refractivity contribution < 1.29 is 4.79 Å². The van der Waals surface area contributed by atoms with E-state index in [1.54, 1.807) is 12.1 Å². The molecule has 2 N–H and O–H groups in total. The molecule has 0 spiro atoms. The Hall–Kier alpha value is -2.05. The number of hydrogen-bond acceptors (Lipinski definition) is 4. The molecule has 0 unspecified atom stereocenters. The SMILES string of the molecule is Cc1ccc(-n2ncc(NCCNC(=O)C3CC3)c(Cl)c2=O)cc1Cl. The van der Waals surface area contributed by atoms with E-state index in [0.29, 0.717) is 29.5 Å². The van der Waals surface area contributed by atoms with Gasteiger partial charge >= 0.3 is 0 Å². The molecule has 0 atom stereocenters. The van der Waals surface area contributed by atoms with Crippen LogP contribution in [-0.4, -0.2) is 28.8 Å². The molecule has 0 radical (unpaired) electrons. The Kier molecular flexibility index (Phi) is 5.30. The second kappa shape index (κ2) is 7.45. The molecule has 132 valence electrons. The molecule has 1 heterocycles. The minimum absolute atomic E-state index is 0.0419. The number of aryl methyl sites for hydroxylation is 1. The van der Waals surface area contributed by atoms with Gasteiger partial charge in [-0.3, -0.25) is 9.59 Å². The number of nitrogens with one attached hydrogen (secondary N) is 2. The molecule has 3 rings (SSSR count). The van der Waals surface area contributed by atoms with E-state index in [1.165, 1.54) is 10.9 Å². The van der Waals surface area contributed by atoms with Crippen molar-refractivity contribution in [2.24, 2.45) is 5.92 Å². The predicted octanol–water partition coefficient (Wildman–Crippen LogP) is 2.79. The van der Waals surface area contributed by atoms with Gasteiger partial charge in [-0.2, -0.15) is 9.78 Å². The first-order valence-electron chi connectivity index (χ1n) is 8.03. The van der Waals surface area contributed by atoms with Gasteiger partial charge in [-0.25, -0.2) is 0 Å². The third-order valence-corrected chi connectivity index (χ3v) is 4.78. The lowest BCUT2D eigenvalue weighted by molar-refractivity contribution is -0.122. The number of anilines is 1. The van der Waals surface area contributed by atoms with E-state index < -0.39 is 5.56 Å². The number of carbonyl (C=O) groups is 1. The quantitative estimate of drug-likeness (QED) is 0.755. The van der Waals surface area contributed by atoms with Crippen molar-refractivity contribution in [1.29, 1.82) is 0 Å². The maximum atomic E-state index is 12.4. The topological polar surface area (TPSA) is 76.0 Å². The average molecular weight is 381 g/mol. The summed E-state index contributed by atoms with van der Waals surface area (Å²) in [7, 11) is 0. The fourth-order valence-corrected chi connectivity index (χ4v) is 2.70. The highest BCUT2D eigenvalue weighted by molar-refractivity contribution is 6.33. The van der Waals surface area contributed by atoms with E-state index >= 15 is 0 Å². The summed E-state index contributed by atoms with van der Waals surface area (Å²) in [6.07, 6.45) is 3.42. The number of carbonyl (C=O) groups excluding carboxylic acids is 1. The number of halogens is 2. The van der Waals surface area contributed by atoms with Crippen molar-refractivity contribution in [3.63, 3.8) is 0 Å². The van der Waals surface area contributed by atoms with Crippen LogP contribution in [0.25, 0.3) is 5.69 Å². The molecule has 0 aliphatic heterocycles. The summed E-state index contributed by atoms with van der Waals surface area (Å²) in [5, 5.41) is 10.6. The van der Waals surface area contributed by atoms with Crippen molar-refractivity contribution in [2.45, 2.75) is 19.8 Å². The monoisotopic (exact) mass is 380 g/mol. The lowest BCUT2D eigenvalue weighted by atomic mass is 10.2. The fraction of sp³-hybridized carbons (Fsp3) is 0.353. The van der Waals surface area contributed by atoms with Gasteiger partial charge < -0.3 is 10.6 Å². The Balaban J connectivity index is 1.68. The van der Waals surface area contributed by atoms with Crippen molar-refractivity contribution in [3.8, 4) is 5.69 Å². The van der Waals surface area contributed by atoms with Gasteiger partial charge in [0.25, 0.3) is 5.56 Å². The zero-order valence-corrected chi connectivity index (χ0v) is 15.2. The number of aromatic nitrogens is 2. The Morgan fingerprint density at radius 1 is 1.32 bits per heavy atom. The molecule has 1 amide bonds. The fourth-order valence-electron chi connectivity index (χ4n) is 2.33. The molecule has 1 aliphatic rings. The summed E-state index contributed by atoms with van der Waals surface area (Å²) < 4.78 is 1.20. The van der Waals surface area contributed by atoms with Crippen molar-refractivity contribution in [3.05, 3.63) is 50.4 Å². The second-order valence-electron chi connectivity index (χ2n) is 6.01. The van der Waals surface area contributed by atoms with Crippen LogP contribution in [0.2, 0.25) is 10.0 Å². The molecular weight excluding hydrogens is 363 g/mol. The Labute approximate surface area is 155 Å². The van der Waals surface area contributed by atoms with Crippen LogP contribution in [0, 0.1) is 12.8 Å². The number of benzene rings is 1. The van der Waals surface area contributed by atoms with Gasteiger partial charge in [0, 0.05) is 24.0 Å². The second-order valence-corrected chi connectivity index (χ2v) is 6.80. The molecule has 2 aromatic rings. The molecule has 1 aromatic heterocycles. The standard InChI is InChI=1S/C17H18Cl2N4O2/c1-10-2-5-12(8-13(10)18)23-17(25)15(19)14(9-22-23)20-6-7-21-16(24)11-3-4-11/h2,5,8-9,11,20H,3-4,6-7H2,1H3,(H,21,24). The Morgan fingerprint density at radius 3 is 2.76 bits per heavy atom. The summed E-state index contributed by atoms with van der Waals surface area (Å²) in [6, 6.07) is 5.24. The van der Waals surface area contributed by atoms with Gasteiger partial charge in [-0.15, -0.1) is 0 Å². The van der Waals surface area contributed by atoms with Crippen molar-refractivity contribution in [2.75, 3.05) is 18.4 Å². The first-order chi connectivity index (χ1) is 12.0. The molecule has 1 aliphatic carbocycles. The lowest BCUT2D eigenvalue weighted by Crippen LogP contribution is -2.30. The Bertz CT molecular complexity index is 862. The first-order valence-corrected chi connectivity index (χ1v) is 8.79. The molecule has 8 heteroatoms. The van der Waals surface area contributed by atoms with Gasteiger partial charge in [0.1, 0.15) is 5.02 Å². The molecular formula is C17H18Cl2N4O2. The number of nitrogens with zero attached hydrogens (tertiary/aromatic N) is 2. The smallest absolute Gasteiger partial charge is 0.292 e. The molecule has 0 bridgehead atoms. The van der Waals surface area contributed by atoms with Gasteiger partial charge in [-0.1, -0.05) is 29.3 Å². The molecule has 25 heavy (non-hydrogen) atoms. The minimum Gasteiger partial charge on any atom is -0.381 e. The van der Waals surface area contributed by atoms with Crippen LogP contribution in [0.4, 0.5) is 5.69 Å². The first kappa shape index (κ1) is 17.8. The summed E-state index contributed by atoms with van der Waals surface area (Å²) in [5.41, 5.74) is 1.46.